The fourth-order valence-electron chi connectivity index (χ4n) is 2.73. The maximum atomic E-state index is 12.8. The lowest BCUT2D eigenvalue weighted by Gasteiger charge is -2.12. The van der Waals surface area contributed by atoms with Gasteiger partial charge in [-0.05, 0) is 55.8 Å². The van der Waals surface area contributed by atoms with Crippen LogP contribution in [-0.4, -0.2) is 19.2 Å². The number of nitrogens with zero attached hydrogens (tertiary/aromatic N) is 1. The molecule has 0 heterocycles. The second-order valence-electron chi connectivity index (χ2n) is 6.71. The van der Waals surface area contributed by atoms with Gasteiger partial charge >= 0.3 is 0 Å². The molecule has 0 atom stereocenters. The van der Waals surface area contributed by atoms with Gasteiger partial charge in [0.1, 0.15) is 0 Å². The van der Waals surface area contributed by atoms with E-state index in [0.717, 1.165) is 5.56 Å². The Morgan fingerprint density at radius 3 is 2.10 bits per heavy atom. The van der Waals surface area contributed by atoms with Crippen LogP contribution in [0.3, 0.4) is 0 Å². The van der Waals surface area contributed by atoms with Crippen LogP contribution in [0, 0.1) is 24.0 Å². The number of nitro groups is 1. The minimum atomic E-state index is -3.91. The molecule has 0 saturated heterocycles. The summed E-state index contributed by atoms with van der Waals surface area (Å²) in [6, 6.07) is 16.6. The third kappa shape index (κ3) is 4.81. The predicted molar refractivity (Wildman–Crippen MR) is 114 cm³/mol. The molecule has 0 aliphatic carbocycles. The number of anilines is 2. The molecule has 154 valence electrons. The Hall–Kier alpha value is -3.72. The van der Waals surface area contributed by atoms with E-state index in [1.807, 2.05) is 6.92 Å². The Labute approximate surface area is 173 Å². The van der Waals surface area contributed by atoms with Gasteiger partial charge in [-0.3, -0.25) is 19.6 Å². The Bertz CT molecular complexity index is 1200. The first-order valence-electron chi connectivity index (χ1n) is 8.92. The highest BCUT2D eigenvalue weighted by Crippen LogP contribution is 2.22. The second kappa shape index (κ2) is 8.34. The van der Waals surface area contributed by atoms with Crippen LogP contribution in [0.25, 0.3) is 0 Å². The van der Waals surface area contributed by atoms with E-state index in [2.05, 4.69) is 10.0 Å². The number of benzene rings is 3. The van der Waals surface area contributed by atoms with Gasteiger partial charge in [-0.2, -0.15) is 0 Å². The molecule has 1 amide bonds. The van der Waals surface area contributed by atoms with Crippen LogP contribution in [-0.2, 0) is 10.0 Å². The van der Waals surface area contributed by atoms with E-state index in [0.29, 0.717) is 16.9 Å². The first kappa shape index (κ1) is 21.0. The number of hydrogen-bond acceptors (Lipinski definition) is 5. The normalized spacial score (nSPS) is 11.0. The molecule has 0 saturated carbocycles. The van der Waals surface area contributed by atoms with Crippen molar-refractivity contribution in [2.24, 2.45) is 0 Å². The molecule has 3 aromatic carbocycles. The summed E-state index contributed by atoms with van der Waals surface area (Å²) < 4.78 is 28.2. The fraction of sp³-hybridized carbons (Fsp3) is 0.0952. The van der Waals surface area contributed by atoms with Crippen LogP contribution in [0.2, 0.25) is 0 Å². The molecule has 3 aromatic rings. The maximum absolute atomic E-state index is 12.8. The van der Waals surface area contributed by atoms with Gasteiger partial charge in [-0.25, -0.2) is 8.42 Å². The molecule has 0 bridgehead atoms. The molecule has 2 N–H and O–H groups in total. The fourth-order valence-corrected chi connectivity index (χ4v) is 4.06. The Balaban J connectivity index is 1.83. The van der Waals surface area contributed by atoms with Gasteiger partial charge in [0.15, 0.2) is 0 Å². The third-order valence-corrected chi connectivity index (χ3v) is 5.90. The molecular formula is C21H19N3O5S. The predicted octanol–water partition coefficient (Wildman–Crippen LogP) is 4.26. The molecule has 0 aromatic heterocycles. The van der Waals surface area contributed by atoms with Crippen molar-refractivity contribution in [1.29, 1.82) is 0 Å². The zero-order valence-electron chi connectivity index (χ0n) is 16.2. The average Bonchev–Trinajstić information content (AvgIpc) is 2.70. The summed E-state index contributed by atoms with van der Waals surface area (Å²) in [7, 11) is -3.91. The zero-order chi connectivity index (χ0) is 21.9. The standard InChI is InChI=1S/C21H19N3O5S/c1-14-3-7-18(8-4-14)23-30(28,29)20-13-16(6-5-15(20)2)21(25)22-17-9-11-19(12-10-17)24(26)27/h3-13,23H,1-2H3,(H,22,25). The number of hydrogen-bond donors (Lipinski definition) is 2. The van der Waals surface area contributed by atoms with Crippen molar-refractivity contribution in [2.75, 3.05) is 10.0 Å². The van der Waals surface area contributed by atoms with Gasteiger partial charge in [-0.15, -0.1) is 0 Å². The molecule has 30 heavy (non-hydrogen) atoms. The van der Waals surface area contributed by atoms with Gasteiger partial charge in [-0.1, -0.05) is 23.8 Å². The Morgan fingerprint density at radius 1 is 0.900 bits per heavy atom. The number of aryl methyl sites for hydroxylation is 2. The lowest BCUT2D eigenvalue weighted by atomic mass is 10.1. The van der Waals surface area contributed by atoms with Crippen LogP contribution in [0.15, 0.2) is 71.6 Å². The topological polar surface area (TPSA) is 118 Å². The van der Waals surface area contributed by atoms with Crippen LogP contribution < -0.4 is 10.0 Å². The van der Waals surface area contributed by atoms with Crippen LogP contribution in [0.1, 0.15) is 21.5 Å². The summed E-state index contributed by atoms with van der Waals surface area (Å²) >= 11 is 0. The maximum Gasteiger partial charge on any atom is 0.269 e. The largest absolute Gasteiger partial charge is 0.322 e. The number of sulfonamides is 1. The smallest absolute Gasteiger partial charge is 0.269 e. The second-order valence-corrected chi connectivity index (χ2v) is 8.36. The number of amides is 1. The summed E-state index contributed by atoms with van der Waals surface area (Å²) in [5.41, 5.74) is 2.30. The van der Waals surface area contributed by atoms with E-state index >= 15 is 0 Å². The Kier molecular flexibility index (Phi) is 5.84. The summed E-state index contributed by atoms with van der Waals surface area (Å²) in [6.45, 7) is 3.54. The average molecular weight is 425 g/mol. The minimum absolute atomic E-state index is 0.0144. The first-order valence-corrected chi connectivity index (χ1v) is 10.4. The molecule has 3 rings (SSSR count). The van der Waals surface area contributed by atoms with Crippen molar-refractivity contribution in [2.45, 2.75) is 18.7 Å². The summed E-state index contributed by atoms with van der Waals surface area (Å²) in [4.78, 5) is 22.7. The van der Waals surface area contributed by atoms with Gasteiger partial charge in [0.2, 0.25) is 0 Å². The highest BCUT2D eigenvalue weighted by molar-refractivity contribution is 7.92. The lowest BCUT2D eigenvalue weighted by molar-refractivity contribution is -0.384. The molecule has 9 heteroatoms. The van der Waals surface area contributed by atoms with Crippen LogP contribution >= 0.6 is 0 Å². The van der Waals surface area contributed by atoms with Crippen molar-refractivity contribution >= 4 is 33.0 Å². The first-order chi connectivity index (χ1) is 14.2. The summed E-state index contributed by atoms with van der Waals surface area (Å²) in [5.74, 6) is -0.532. The molecule has 0 fully saturated rings. The summed E-state index contributed by atoms with van der Waals surface area (Å²) in [6.07, 6.45) is 0. The molecule has 0 aliphatic heterocycles. The van der Waals surface area contributed by atoms with Gasteiger partial charge in [0.05, 0.1) is 9.82 Å². The minimum Gasteiger partial charge on any atom is -0.322 e. The molecule has 8 nitrogen and oxygen atoms in total. The van der Waals surface area contributed by atoms with E-state index in [-0.39, 0.29) is 16.1 Å². The number of carbonyl (C=O) groups excluding carboxylic acids is 1. The van der Waals surface area contributed by atoms with Crippen molar-refractivity contribution in [1.82, 2.24) is 0 Å². The van der Waals surface area contributed by atoms with Gasteiger partial charge in [0, 0.05) is 29.1 Å². The van der Waals surface area contributed by atoms with E-state index in [1.165, 1.54) is 36.4 Å². The van der Waals surface area contributed by atoms with E-state index in [4.69, 9.17) is 0 Å². The van der Waals surface area contributed by atoms with Crippen LogP contribution in [0.5, 0.6) is 0 Å². The quantitative estimate of drug-likeness (QED) is 0.452. The zero-order valence-corrected chi connectivity index (χ0v) is 17.1. The van der Waals surface area contributed by atoms with Gasteiger partial charge in [0.25, 0.3) is 21.6 Å². The van der Waals surface area contributed by atoms with E-state index in [9.17, 15) is 23.3 Å². The third-order valence-electron chi connectivity index (χ3n) is 4.38. The van der Waals surface area contributed by atoms with Crippen molar-refractivity contribution in [3.05, 3.63) is 93.5 Å². The van der Waals surface area contributed by atoms with Crippen molar-refractivity contribution in [3.63, 3.8) is 0 Å². The molecule has 0 radical (unpaired) electrons. The number of nitro benzene ring substituents is 1. The SMILES string of the molecule is Cc1ccc(NS(=O)(=O)c2cc(C(=O)Nc3ccc([N+](=O)[O-])cc3)ccc2C)cc1. The number of carbonyl (C=O) groups is 1. The van der Waals surface area contributed by atoms with Gasteiger partial charge < -0.3 is 5.32 Å². The molecule has 0 spiro atoms. The molecule has 0 aliphatic rings. The lowest BCUT2D eigenvalue weighted by Crippen LogP contribution is -2.17. The number of nitrogens with one attached hydrogen (secondary N) is 2. The van der Waals surface area contributed by atoms with Crippen molar-refractivity contribution in [3.8, 4) is 0 Å². The molecular weight excluding hydrogens is 406 g/mol. The highest BCUT2D eigenvalue weighted by atomic mass is 32.2. The van der Waals surface area contributed by atoms with E-state index < -0.39 is 20.9 Å². The Morgan fingerprint density at radius 2 is 1.50 bits per heavy atom. The highest BCUT2D eigenvalue weighted by Gasteiger charge is 2.19. The van der Waals surface area contributed by atoms with Crippen LogP contribution in [0.4, 0.5) is 17.1 Å². The van der Waals surface area contributed by atoms with E-state index in [1.54, 1.807) is 37.3 Å². The monoisotopic (exact) mass is 425 g/mol. The molecule has 0 unspecified atom stereocenters. The summed E-state index contributed by atoms with van der Waals surface area (Å²) in [5, 5.41) is 13.3. The number of rotatable bonds is 6. The van der Waals surface area contributed by atoms with Crippen molar-refractivity contribution < 1.29 is 18.1 Å². The number of non-ortho nitro benzene ring substituents is 1.